The van der Waals surface area contributed by atoms with Crippen LogP contribution < -0.4 is 5.11 Å². The van der Waals surface area contributed by atoms with Crippen molar-refractivity contribution in [1.82, 2.24) is 0 Å². The van der Waals surface area contributed by atoms with Crippen LogP contribution in [0.2, 0.25) is 0 Å². The maximum atomic E-state index is 12.0. The molecule has 2 aromatic rings. The third kappa shape index (κ3) is 3.28. The highest BCUT2D eigenvalue weighted by atomic mass is 16.4. The molecule has 0 spiro atoms. The van der Waals surface area contributed by atoms with Gasteiger partial charge in [-0.1, -0.05) is 60.7 Å². The monoisotopic (exact) mass is 253 g/mol. The van der Waals surface area contributed by atoms with E-state index in [-0.39, 0.29) is 12.2 Å². The Balaban J connectivity index is 2.19. The predicted molar refractivity (Wildman–Crippen MR) is 69.6 cm³/mol. The van der Waals surface area contributed by atoms with Gasteiger partial charge < -0.3 is 9.90 Å². The van der Waals surface area contributed by atoms with Crippen molar-refractivity contribution in [2.45, 2.75) is 12.3 Å². The van der Waals surface area contributed by atoms with Crippen LogP contribution in [0.3, 0.4) is 0 Å². The zero-order valence-corrected chi connectivity index (χ0v) is 10.3. The first-order valence-corrected chi connectivity index (χ1v) is 6.02. The smallest absolute Gasteiger partial charge is 0.163 e. The van der Waals surface area contributed by atoms with Crippen LogP contribution in [0.4, 0.5) is 0 Å². The van der Waals surface area contributed by atoms with E-state index in [9.17, 15) is 14.7 Å². The summed E-state index contributed by atoms with van der Waals surface area (Å²) in [5, 5.41) is 11.2. The molecule has 1 atom stereocenters. The number of carbonyl (C=O) groups is 2. The van der Waals surface area contributed by atoms with Crippen LogP contribution in [0.15, 0.2) is 60.7 Å². The van der Waals surface area contributed by atoms with Crippen LogP contribution in [0.1, 0.15) is 28.3 Å². The van der Waals surface area contributed by atoms with Gasteiger partial charge in [0.25, 0.3) is 0 Å². The molecule has 0 radical (unpaired) electrons. The topological polar surface area (TPSA) is 57.2 Å². The number of carboxylic acid groups (broad SMARTS) is 1. The molecule has 19 heavy (non-hydrogen) atoms. The molecule has 2 aromatic carbocycles. The zero-order chi connectivity index (χ0) is 13.7. The van der Waals surface area contributed by atoms with E-state index < -0.39 is 11.9 Å². The minimum Gasteiger partial charge on any atom is -0.549 e. The fourth-order valence-electron chi connectivity index (χ4n) is 1.95. The second-order valence-electron chi connectivity index (χ2n) is 4.28. The number of aliphatic carboxylic acids is 1. The van der Waals surface area contributed by atoms with Gasteiger partial charge in [0.15, 0.2) is 5.78 Å². The van der Waals surface area contributed by atoms with E-state index in [0.717, 1.165) is 0 Å². The Labute approximate surface area is 111 Å². The molecule has 0 N–H and O–H groups in total. The molecule has 0 saturated carbocycles. The SMILES string of the molecule is O=C(C[C@H](C(=O)[O-])c1ccccc1)c1ccccc1. The van der Waals surface area contributed by atoms with Gasteiger partial charge in [-0.3, -0.25) is 4.79 Å². The molecule has 3 nitrogen and oxygen atoms in total. The quantitative estimate of drug-likeness (QED) is 0.763. The zero-order valence-electron chi connectivity index (χ0n) is 10.3. The second kappa shape index (κ2) is 5.96. The van der Waals surface area contributed by atoms with Crippen LogP contribution in [0.5, 0.6) is 0 Å². The van der Waals surface area contributed by atoms with Crippen LogP contribution in [-0.4, -0.2) is 11.8 Å². The Morgan fingerprint density at radius 1 is 0.895 bits per heavy atom. The lowest BCUT2D eigenvalue weighted by molar-refractivity contribution is -0.307. The van der Waals surface area contributed by atoms with Crippen molar-refractivity contribution in [2.75, 3.05) is 0 Å². The fraction of sp³-hybridized carbons (Fsp3) is 0.125. The number of ketones is 1. The Morgan fingerprint density at radius 2 is 1.42 bits per heavy atom. The summed E-state index contributed by atoms with van der Waals surface area (Å²) in [5.74, 6) is -2.33. The van der Waals surface area contributed by atoms with Crippen molar-refractivity contribution >= 4 is 11.8 Å². The number of carbonyl (C=O) groups excluding carboxylic acids is 2. The van der Waals surface area contributed by atoms with Crippen molar-refractivity contribution in [3.63, 3.8) is 0 Å². The molecule has 0 heterocycles. The van der Waals surface area contributed by atoms with Crippen LogP contribution in [0, 0.1) is 0 Å². The summed E-state index contributed by atoms with van der Waals surface area (Å²) in [6.07, 6.45) is -0.0869. The molecular formula is C16H13O3-. The van der Waals surface area contributed by atoms with Crippen LogP contribution in [0.25, 0.3) is 0 Å². The van der Waals surface area contributed by atoms with Gasteiger partial charge in [-0.05, 0) is 5.56 Å². The molecule has 2 rings (SSSR count). The molecule has 3 heteroatoms. The standard InChI is InChI=1S/C16H14O3/c17-15(13-9-5-2-6-10-13)11-14(16(18)19)12-7-3-1-4-8-12/h1-10,14H,11H2,(H,18,19)/p-1/t14-/m0/s1. The highest BCUT2D eigenvalue weighted by molar-refractivity contribution is 5.98. The Bertz CT molecular complexity index is 561. The van der Waals surface area contributed by atoms with Crippen molar-refractivity contribution in [3.8, 4) is 0 Å². The highest BCUT2D eigenvalue weighted by Crippen LogP contribution is 2.21. The third-order valence-electron chi connectivity index (χ3n) is 2.97. The van der Waals surface area contributed by atoms with E-state index in [4.69, 9.17) is 0 Å². The van der Waals surface area contributed by atoms with Gasteiger partial charge in [0, 0.05) is 23.9 Å². The molecule has 0 amide bonds. The summed E-state index contributed by atoms with van der Waals surface area (Å²) < 4.78 is 0. The van der Waals surface area contributed by atoms with Crippen LogP contribution >= 0.6 is 0 Å². The molecule has 0 fully saturated rings. The second-order valence-corrected chi connectivity index (χ2v) is 4.28. The number of hydrogen-bond donors (Lipinski definition) is 0. The average molecular weight is 253 g/mol. The Hall–Kier alpha value is -2.42. The van der Waals surface area contributed by atoms with Gasteiger partial charge in [-0.2, -0.15) is 0 Å². The fourth-order valence-corrected chi connectivity index (χ4v) is 1.95. The molecule has 0 aliphatic carbocycles. The van der Waals surface area contributed by atoms with Gasteiger partial charge in [0.05, 0.1) is 0 Å². The summed E-state index contributed by atoms with van der Waals surface area (Å²) >= 11 is 0. The Morgan fingerprint density at radius 3 is 1.95 bits per heavy atom. The average Bonchev–Trinajstić information content (AvgIpc) is 2.46. The first-order valence-electron chi connectivity index (χ1n) is 6.02. The molecule has 96 valence electrons. The van der Waals surface area contributed by atoms with E-state index in [1.807, 2.05) is 6.07 Å². The minimum absolute atomic E-state index is 0.0869. The van der Waals surface area contributed by atoms with E-state index in [0.29, 0.717) is 11.1 Å². The first-order chi connectivity index (χ1) is 9.18. The largest absolute Gasteiger partial charge is 0.549 e. The lowest BCUT2D eigenvalue weighted by atomic mass is 9.92. The van der Waals surface area contributed by atoms with E-state index >= 15 is 0 Å². The molecular weight excluding hydrogens is 240 g/mol. The minimum atomic E-state index is -1.23. The number of benzene rings is 2. The van der Waals surface area contributed by atoms with E-state index in [2.05, 4.69) is 0 Å². The van der Waals surface area contributed by atoms with Gasteiger partial charge in [0.2, 0.25) is 0 Å². The summed E-state index contributed by atoms with van der Waals surface area (Å²) in [6.45, 7) is 0. The van der Waals surface area contributed by atoms with Crippen molar-refractivity contribution in [1.29, 1.82) is 0 Å². The van der Waals surface area contributed by atoms with E-state index in [1.165, 1.54) is 0 Å². The van der Waals surface area contributed by atoms with Gasteiger partial charge in [-0.15, -0.1) is 0 Å². The summed E-state index contributed by atoms with van der Waals surface area (Å²) in [6, 6.07) is 17.4. The lowest BCUT2D eigenvalue weighted by Gasteiger charge is -2.17. The van der Waals surface area contributed by atoms with Crippen molar-refractivity contribution in [2.24, 2.45) is 0 Å². The summed E-state index contributed by atoms with van der Waals surface area (Å²) in [7, 11) is 0. The lowest BCUT2D eigenvalue weighted by Crippen LogP contribution is -2.31. The molecule has 0 unspecified atom stereocenters. The third-order valence-corrected chi connectivity index (χ3v) is 2.97. The van der Waals surface area contributed by atoms with Crippen molar-refractivity contribution in [3.05, 3.63) is 71.8 Å². The number of carboxylic acids is 1. The highest BCUT2D eigenvalue weighted by Gasteiger charge is 2.17. The number of hydrogen-bond acceptors (Lipinski definition) is 3. The number of Topliss-reactive ketones (excluding diaryl/α,β-unsaturated/α-hetero) is 1. The molecule has 0 bridgehead atoms. The molecule has 0 aliphatic heterocycles. The van der Waals surface area contributed by atoms with Gasteiger partial charge >= 0.3 is 0 Å². The normalized spacial score (nSPS) is 11.8. The van der Waals surface area contributed by atoms with Gasteiger partial charge in [0.1, 0.15) is 0 Å². The van der Waals surface area contributed by atoms with Gasteiger partial charge in [-0.25, -0.2) is 0 Å². The maximum absolute atomic E-state index is 12.0. The summed E-state index contributed by atoms with van der Waals surface area (Å²) in [4.78, 5) is 23.2. The molecule has 0 aliphatic rings. The predicted octanol–water partition coefficient (Wildman–Crippen LogP) is 1.79. The summed E-state index contributed by atoms with van der Waals surface area (Å²) in [5.41, 5.74) is 1.11. The van der Waals surface area contributed by atoms with Crippen LogP contribution in [-0.2, 0) is 4.79 Å². The van der Waals surface area contributed by atoms with Crippen molar-refractivity contribution < 1.29 is 14.7 Å². The molecule has 0 saturated heterocycles. The van der Waals surface area contributed by atoms with E-state index in [1.54, 1.807) is 54.6 Å². The first kappa shape index (κ1) is 13.0. The Kier molecular flexibility index (Phi) is 4.08. The maximum Gasteiger partial charge on any atom is 0.163 e. The number of rotatable bonds is 5. The molecule has 0 aromatic heterocycles.